The number of hydrogen-bond acceptors (Lipinski definition) is 7. The van der Waals surface area contributed by atoms with E-state index < -0.39 is 23.5 Å². The van der Waals surface area contributed by atoms with Crippen molar-refractivity contribution in [2.45, 2.75) is 12.2 Å². The fourth-order valence-electron chi connectivity index (χ4n) is 4.15. The number of allylic oxidation sites excluding steroid dienone is 1. The Morgan fingerprint density at radius 3 is 2.62 bits per heavy atom. The minimum atomic E-state index is -1.39. The van der Waals surface area contributed by atoms with E-state index in [1.54, 1.807) is 11.3 Å². The van der Waals surface area contributed by atoms with E-state index in [0.717, 1.165) is 20.8 Å². The van der Waals surface area contributed by atoms with Crippen LogP contribution >= 0.6 is 11.3 Å². The average molecular weight is 373 g/mol. The Hall–Kier alpha value is -2.09. The van der Waals surface area contributed by atoms with Crippen molar-refractivity contribution in [1.82, 2.24) is 4.98 Å². The molecule has 2 aromatic rings. The van der Waals surface area contributed by atoms with Crippen molar-refractivity contribution in [3.63, 3.8) is 0 Å². The number of hydrogen-bond donors (Lipinski definition) is 0. The van der Waals surface area contributed by atoms with Gasteiger partial charge in [-0.2, -0.15) is 0 Å². The molecule has 3 aliphatic rings. The molecule has 3 atom stereocenters. The Kier molecular flexibility index (Phi) is 4.17. The van der Waals surface area contributed by atoms with Gasteiger partial charge in [0, 0.05) is 20.1 Å². The molecule has 2 bridgehead atoms. The average Bonchev–Trinajstić information content (AvgIpc) is 3.12. The number of para-hydroxylation sites is 1. The Morgan fingerprint density at radius 2 is 1.96 bits per heavy atom. The number of thiazole rings is 1. The van der Waals surface area contributed by atoms with Crippen LogP contribution in [0.5, 0.6) is 0 Å². The second-order valence-corrected chi connectivity index (χ2v) is 7.52. The van der Waals surface area contributed by atoms with Crippen LogP contribution < -0.4 is 0 Å². The zero-order valence-electron chi connectivity index (χ0n) is 14.7. The molecule has 0 aliphatic heterocycles. The van der Waals surface area contributed by atoms with Crippen LogP contribution in [0.25, 0.3) is 15.8 Å². The molecule has 5 rings (SSSR count). The molecule has 26 heavy (non-hydrogen) atoms. The molecule has 0 spiro atoms. The van der Waals surface area contributed by atoms with Crippen molar-refractivity contribution in [2.75, 3.05) is 21.3 Å². The normalized spacial score (nSPS) is 26.8. The van der Waals surface area contributed by atoms with Crippen LogP contribution in [0.3, 0.4) is 0 Å². The summed E-state index contributed by atoms with van der Waals surface area (Å²) in [5, 5.41) is 0.829. The van der Waals surface area contributed by atoms with Crippen molar-refractivity contribution in [1.29, 1.82) is 0 Å². The lowest BCUT2D eigenvalue weighted by Crippen LogP contribution is -2.61. The van der Waals surface area contributed by atoms with Crippen LogP contribution in [0.1, 0.15) is 11.4 Å². The summed E-state index contributed by atoms with van der Waals surface area (Å²) in [5.41, 5.74) is 1.81. The van der Waals surface area contributed by atoms with Crippen molar-refractivity contribution >= 4 is 38.9 Å². The number of aromatic nitrogens is 1. The van der Waals surface area contributed by atoms with Crippen molar-refractivity contribution < 1.29 is 23.8 Å². The number of nitrogens with zero attached hydrogens (tertiary/aromatic N) is 1. The largest absolute Gasteiger partial charge is 0.469 e. The van der Waals surface area contributed by atoms with Crippen molar-refractivity contribution in [3.8, 4) is 0 Å². The van der Waals surface area contributed by atoms with Crippen LogP contribution in [0.4, 0.5) is 0 Å². The molecule has 0 radical (unpaired) electrons. The van der Waals surface area contributed by atoms with E-state index in [2.05, 4.69) is 0 Å². The first kappa shape index (κ1) is 17.3. The third-order valence-corrected chi connectivity index (χ3v) is 6.50. The van der Waals surface area contributed by atoms with Crippen molar-refractivity contribution in [3.05, 3.63) is 35.3 Å². The number of rotatable bonds is 4. The summed E-state index contributed by atoms with van der Waals surface area (Å²) in [6.07, 6.45) is 2.28. The third-order valence-electron chi connectivity index (χ3n) is 5.41. The molecule has 1 aromatic heterocycles. The Bertz CT molecular complexity index is 881. The minimum Gasteiger partial charge on any atom is -0.469 e. The van der Waals surface area contributed by atoms with E-state index in [9.17, 15) is 9.59 Å². The summed E-state index contributed by atoms with van der Waals surface area (Å²) in [6.45, 7) is 0. The number of fused-ring (bicyclic) bond motifs is 3. The SMILES string of the molecule is COC(=O)C1CC2C(c3nc4ccccc4s3)=CC1C(=O)C2(OC)OC. The first-order chi connectivity index (χ1) is 12.6. The van der Waals surface area contributed by atoms with Gasteiger partial charge in [-0.3, -0.25) is 9.59 Å². The maximum absolute atomic E-state index is 13.0. The Morgan fingerprint density at radius 1 is 1.23 bits per heavy atom. The lowest BCUT2D eigenvalue weighted by atomic mass is 9.61. The molecule has 1 heterocycles. The fraction of sp³-hybridized carbons (Fsp3) is 0.421. The highest BCUT2D eigenvalue weighted by atomic mass is 32.1. The highest BCUT2D eigenvalue weighted by Gasteiger charge is 2.61. The standard InChI is InChI=1S/C19H19NO5S/c1-23-18(22)11-9-13-12(8-10(11)16(21)19(13,24-2)25-3)17-20-14-6-4-5-7-15(14)26-17/h4-8,10-11,13H,9H2,1-3H3. The predicted molar refractivity (Wildman–Crippen MR) is 96.5 cm³/mol. The van der Waals surface area contributed by atoms with Crippen LogP contribution in [0.15, 0.2) is 30.3 Å². The summed E-state index contributed by atoms with van der Waals surface area (Å²) in [5.74, 6) is -3.59. The fourth-order valence-corrected chi connectivity index (χ4v) is 5.20. The van der Waals surface area contributed by atoms with E-state index in [-0.39, 0.29) is 11.8 Å². The highest BCUT2D eigenvalue weighted by Crippen LogP contribution is 2.53. The summed E-state index contributed by atoms with van der Waals surface area (Å²) in [6, 6.07) is 7.88. The molecule has 7 heteroatoms. The predicted octanol–water partition coefficient (Wildman–Crippen LogP) is 2.68. The zero-order valence-corrected chi connectivity index (χ0v) is 15.5. The van der Waals surface area contributed by atoms with Gasteiger partial charge in [0.2, 0.25) is 5.79 Å². The summed E-state index contributed by atoms with van der Waals surface area (Å²) in [4.78, 5) is 29.9. The van der Waals surface area contributed by atoms with Gasteiger partial charge < -0.3 is 14.2 Å². The number of Topliss-reactive ketones (excluding diaryl/α,β-unsaturated/α-hetero) is 1. The van der Waals surface area contributed by atoms with Crippen LogP contribution in [0.2, 0.25) is 0 Å². The summed E-state index contributed by atoms with van der Waals surface area (Å²) >= 11 is 1.56. The molecule has 3 aliphatic carbocycles. The van der Waals surface area contributed by atoms with Gasteiger partial charge in [0.1, 0.15) is 5.01 Å². The molecule has 1 aromatic carbocycles. The quantitative estimate of drug-likeness (QED) is 0.606. The Labute approximate surface area is 154 Å². The molecular formula is C19H19NO5S. The second-order valence-electron chi connectivity index (χ2n) is 6.49. The number of methoxy groups -OCH3 is 3. The topological polar surface area (TPSA) is 74.7 Å². The molecule has 1 fully saturated rings. The maximum atomic E-state index is 13.0. The van der Waals surface area contributed by atoms with Gasteiger partial charge in [-0.25, -0.2) is 4.98 Å². The second kappa shape index (κ2) is 6.26. The van der Waals surface area contributed by atoms with Gasteiger partial charge in [-0.15, -0.1) is 11.3 Å². The number of ether oxygens (including phenoxy) is 3. The van der Waals surface area contributed by atoms with E-state index in [4.69, 9.17) is 19.2 Å². The number of carbonyl (C=O) groups is 2. The highest BCUT2D eigenvalue weighted by molar-refractivity contribution is 7.19. The van der Waals surface area contributed by atoms with Crippen LogP contribution in [-0.4, -0.2) is 43.9 Å². The molecule has 3 unspecified atom stereocenters. The van der Waals surface area contributed by atoms with Crippen LogP contribution in [0, 0.1) is 17.8 Å². The third kappa shape index (κ3) is 2.27. The van der Waals surface area contributed by atoms with Gasteiger partial charge in [-0.05, 0) is 24.1 Å². The number of esters is 1. The first-order valence-electron chi connectivity index (χ1n) is 8.35. The van der Waals surface area contributed by atoms with Gasteiger partial charge in [0.05, 0.1) is 29.2 Å². The molecule has 6 nitrogen and oxygen atoms in total. The summed E-state index contributed by atoms with van der Waals surface area (Å²) < 4.78 is 17.1. The van der Waals surface area contributed by atoms with E-state index in [0.29, 0.717) is 6.42 Å². The smallest absolute Gasteiger partial charge is 0.309 e. The summed E-state index contributed by atoms with van der Waals surface area (Å²) in [7, 11) is 4.27. The van der Waals surface area contributed by atoms with E-state index in [1.165, 1.54) is 21.3 Å². The minimum absolute atomic E-state index is 0.237. The molecule has 1 saturated carbocycles. The maximum Gasteiger partial charge on any atom is 0.309 e. The number of benzene rings is 1. The lowest BCUT2D eigenvalue weighted by Gasteiger charge is -2.49. The zero-order chi connectivity index (χ0) is 18.5. The van der Waals surface area contributed by atoms with Gasteiger partial charge >= 0.3 is 5.97 Å². The van der Waals surface area contributed by atoms with E-state index >= 15 is 0 Å². The number of ketones is 1. The molecule has 136 valence electrons. The van der Waals surface area contributed by atoms with Crippen molar-refractivity contribution in [2.24, 2.45) is 17.8 Å². The number of carbonyl (C=O) groups excluding carboxylic acids is 2. The monoisotopic (exact) mass is 373 g/mol. The van der Waals surface area contributed by atoms with Crippen LogP contribution in [-0.2, 0) is 23.8 Å². The van der Waals surface area contributed by atoms with Gasteiger partial charge in [0.25, 0.3) is 0 Å². The molecular weight excluding hydrogens is 354 g/mol. The van der Waals surface area contributed by atoms with E-state index in [1.807, 2.05) is 30.3 Å². The lowest BCUT2D eigenvalue weighted by molar-refractivity contribution is -0.238. The molecule has 0 saturated heterocycles. The molecule has 0 N–H and O–H groups in total. The Balaban J connectivity index is 1.85. The first-order valence-corrected chi connectivity index (χ1v) is 9.17. The van der Waals surface area contributed by atoms with Gasteiger partial charge in [0.15, 0.2) is 5.78 Å². The van der Waals surface area contributed by atoms with Gasteiger partial charge in [-0.1, -0.05) is 18.2 Å². The molecule has 0 amide bonds.